The summed E-state index contributed by atoms with van der Waals surface area (Å²) < 4.78 is 15.8. The lowest BCUT2D eigenvalue weighted by Gasteiger charge is -2.15. The summed E-state index contributed by atoms with van der Waals surface area (Å²) in [6, 6.07) is 4.41. The second-order valence-electron chi connectivity index (χ2n) is 3.69. The summed E-state index contributed by atoms with van der Waals surface area (Å²) in [5.74, 6) is 0.423. The van der Waals surface area contributed by atoms with Crippen LogP contribution in [0.3, 0.4) is 0 Å². The van der Waals surface area contributed by atoms with Gasteiger partial charge in [-0.25, -0.2) is 9.37 Å². The van der Waals surface area contributed by atoms with Gasteiger partial charge in [0.2, 0.25) is 0 Å². The van der Waals surface area contributed by atoms with Crippen LogP contribution in [0.25, 0.3) is 0 Å². The average Bonchev–Trinajstić information content (AvgIpc) is 2.80. The molecule has 2 rings (SSSR count). The predicted molar refractivity (Wildman–Crippen MR) is 68.0 cm³/mol. The van der Waals surface area contributed by atoms with E-state index < -0.39 is 6.04 Å². The number of aryl methyl sites for hydroxylation is 1. The molecule has 1 aromatic carbocycles. The van der Waals surface area contributed by atoms with Crippen molar-refractivity contribution in [2.75, 3.05) is 0 Å². The van der Waals surface area contributed by atoms with E-state index in [1.54, 1.807) is 18.3 Å². The van der Waals surface area contributed by atoms with Gasteiger partial charge in [-0.05, 0) is 34.5 Å². The first kappa shape index (κ1) is 12.3. The molecule has 1 aromatic heterocycles. The number of hydrogen-bond acceptors (Lipinski definition) is 2. The zero-order chi connectivity index (χ0) is 12.4. The number of halogens is 2. The third-order valence-electron chi connectivity index (χ3n) is 2.68. The van der Waals surface area contributed by atoms with Crippen LogP contribution in [0.5, 0.6) is 0 Å². The maximum absolute atomic E-state index is 13.4. The van der Waals surface area contributed by atoms with Gasteiger partial charge in [-0.15, -0.1) is 0 Å². The van der Waals surface area contributed by atoms with Crippen molar-refractivity contribution in [1.29, 1.82) is 0 Å². The molecule has 0 aliphatic rings. The van der Waals surface area contributed by atoms with Gasteiger partial charge < -0.3 is 10.3 Å². The van der Waals surface area contributed by atoms with Crippen molar-refractivity contribution in [1.82, 2.24) is 9.55 Å². The molecule has 0 saturated carbocycles. The minimum atomic E-state index is -0.435. The van der Waals surface area contributed by atoms with E-state index in [1.807, 2.05) is 17.7 Å². The first-order valence-electron chi connectivity index (χ1n) is 5.35. The van der Waals surface area contributed by atoms with Crippen LogP contribution in [0.1, 0.15) is 24.4 Å². The molecular formula is C12H13BrFN3. The first-order chi connectivity index (χ1) is 8.15. The fourth-order valence-electron chi connectivity index (χ4n) is 1.77. The van der Waals surface area contributed by atoms with Gasteiger partial charge in [-0.3, -0.25) is 0 Å². The fraction of sp³-hybridized carbons (Fsp3) is 0.250. The Morgan fingerprint density at radius 3 is 3.00 bits per heavy atom. The standard InChI is InChI=1S/C12H13BrFN3/c1-2-17-7-6-16-12(17)11(15)8-4-3-5-9(14)10(8)13/h3-7,11H,2,15H2,1H3. The van der Waals surface area contributed by atoms with E-state index >= 15 is 0 Å². The van der Waals surface area contributed by atoms with Crippen LogP contribution in [0.2, 0.25) is 0 Å². The predicted octanol–water partition coefficient (Wildman–Crippen LogP) is 2.85. The van der Waals surface area contributed by atoms with Gasteiger partial charge in [-0.2, -0.15) is 0 Å². The molecule has 1 unspecified atom stereocenters. The molecular weight excluding hydrogens is 285 g/mol. The van der Waals surface area contributed by atoms with E-state index in [1.165, 1.54) is 6.07 Å². The summed E-state index contributed by atoms with van der Waals surface area (Å²) in [7, 11) is 0. The third-order valence-corrected chi connectivity index (χ3v) is 3.52. The maximum atomic E-state index is 13.4. The molecule has 1 atom stereocenters. The lowest BCUT2D eigenvalue weighted by atomic mass is 10.1. The molecule has 17 heavy (non-hydrogen) atoms. The van der Waals surface area contributed by atoms with Crippen molar-refractivity contribution in [2.45, 2.75) is 19.5 Å². The second-order valence-corrected chi connectivity index (χ2v) is 4.49. The topological polar surface area (TPSA) is 43.8 Å². The van der Waals surface area contributed by atoms with Crippen molar-refractivity contribution >= 4 is 15.9 Å². The highest BCUT2D eigenvalue weighted by Gasteiger charge is 2.18. The van der Waals surface area contributed by atoms with Crippen LogP contribution < -0.4 is 5.73 Å². The SMILES string of the molecule is CCn1ccnc1C(N)c1cccc(F)c1Br. The zero-order valence-corrected chi connectivity index (χ0v) is 11.0. The van der Waals surface area contributed by atoms with Crippen LogP contribution >= 0.6 is 15.9 Å². The van der Waals surface area contributed by atoms with E-state index in [0.717, 1.165) is 12.4 Å². The summed E-state index contributed by atoms with van der Waals surface area (Å²) in [5.41, 5.74) is 6.83. The Morgan fingerprint density at radius 2 is 2.29 bits per heavy atom. The number of nitrogens with zero attached hydrogens (tertiary/aromatic N) is 2. The number of hydrogen-bond donors (Lipinski definition) is 1. The number of aromatic nitrogens is 2. The fourth-order valence-corrected chi connectivity index (χ4v) is 2.28. The number of nitrogens with two attached hydrogens (primary N) is 1. The molecule has 0 amide bonds. The summed E-state index contributed by atoms with van der Waals surface area (Å²) in [6.07, 6.45) is 3.56. The summed E-state index contributed by atoms with van der Waals surface area (Å²) in [5, 5.41) is 0. The molecule has 3 nitrogen and oxygen atoms in total. The van der Waals surface area contributed by atoms with Crippen molar-refractivity contribution in [3.8, 4) is 0 Å². The van der Waals surface area contributed by atoms with Gasteiger partial charge in [0.15, 0.2) is 0 Å². The molecule has 90 valence electrons. The monoisotopic (exact) mass is 297 g/mol. The molecule has 0 spiro atoms. The van der Waals surface area contributed by atoms with Crippen molar-refractivity contribution in [3.05, 3.63) is 52.3 Å². The van der Waals surface area contributed by atoms with E-state index in [2.05, 4.69) is 20.9 Å². The molecule has 2 aromatic rings. The Labute approximate surface area is 108 Å². The Hall–Kier alpha value is -1.20. The van der Waals surface area contributed by atoms with E-state index in [4.69, 9.17) is 5.73 Å². The van der Waals surface area contributed by atoms with Crippen molar-refractivity contribution < 1.29 is 4.39 Å². The highest BCUT2D eigenvalue weighted by Crippen LogP contribution is 2.28. The highest BCUT2D eigenvalue weighted by atomic mass is 79.9. The molecule has 0 aliphatic heterocycles. The Morgan fingerprint density at radius 1 is 1.53 bits per heavy atom. The largest absolute Gasteiger partial charge is 0.334 e. The van der Waals surface area contributed by atoms with Gasteiger partial charge >= 0.3 is 0 Å². The summed E-state index contributed by atoms with van der Waals surface area (Å²) >= 11 is 3.22. The molecule has 0 fully saturated rings. The van der Waals surface area contributed by atoms with Crippen LogP contribution in [0, 0.1) is 5.82 Å². The molecule has 0 bridgehead atoms. The van der Waals surface area contributed by atoms with Gasteiger partial charge in [0.25, 0.3) is 0 Å². The highest BCUT2D eigenvalue weighted by molar-refractivity contribution is 9.10. The number of imidazole rings is 1. The van der Waals surface area contributed by atoms with Crippen LogP contribution in [0.4, 0.5) is 4.39 Å². The molecule has 2 N–H and O–H groups in total. The summed E-state index contributed by atoms with van der Waals surface area (Å²) in [6.45, 7) is 2.80. The lowest BCUT2D eigenvalue weighted by molar-refractivity contribution is 0.609. The number of benzene rings is 1. The minimum Gasteiger partial charge on any atom is -0.334 e. The molecule has 5 heteroatoms. The lowest BCUT2D eigenvalue weighted by Crippen LogP contribution is -2.18. The Kier molecular flexibility index (Phi) is 3.59. The van der Waals surface area contributed by atoms with E-state index in [-0.39, 0.29) is 5.82 Å². The second kappa shape index (κ2) is 4.98. The normalized spacial score (nSPS) is 12.7. The molecule has 0 aliphatic carbocycles. The van der Waals surface area contributed by atoms with Crippen molar-refractivity contribution in [3.63, 3.8) is 0 Å². The van der Waals surface area contributed by atoms with E-state index in [0.29, 0.717) is 10.0 Å². The number of rotatable bonds is 3. The third kappa shape index (κ3) is 2.25. The Balaban J connectivity index is 2.44. The van der Waals surface area contributed by atoms with Gasteiger partial charge in [0, 0.05) is 18.9 Å². The van der Waals surface area contributed by atoms with Crippen LogP contribution in [-0.2, 0) is 6.54 Å². The summed E-state index contributed by atoms with van der Waals surface area (Å²) in [4.78, 5) is 4.23. The van der Waals surface area contributed by atoms with Crippen LogP contribution in [0.15, 0.2) is 35.1 Å². The molecule has 0 saturated heterocycles. The molecule has 0 radical (unpaired) electrons. The smallest absolute Gasteiger partial charge is 0.137 e. The minimum absolute atomic E-state index is 0.312. The van der Waals surface area contributed by atoms with Gasteiger partial charge in [-0.1, -0.05) is 12.1 Å². The van der Waals surface area contributed by atoms with Crippen LogP contribution in [-0.4, -0.2) is 9.55 Å². The van der Waals surface area contributed by atoms with Crippen molar-refractivity contribution in [2.24, 2.45) is 5.73 Å². The Bertz CT molecular complexity index is 524. The quantitative estimate of drug-likeness (QED) is 0.947. The van der Waals surface area contributed by atoms with Gasteiger partial charge in [0.1, 0.15) is 11.6 Å². The zero-order valence-electron chi connectivity index (χ0n) is 9.40. The average molecular weight is 298 g/mol. The first-order valence-corrected chi connectivity index (χ1v) is 6.15. The van der Waals surface area contributed by atoms with E-state index in [9.17, 15) is 4.39 Å². The van der Waals surface area contributed by atoms with Gasteiger partial charge in [0.05, 0.1) is 10.5 Å². The molecule has 1 heterocycles. The maximum Gasteiger partial charge on any atom is 0.137 e.